The zero-order chi connectivity index (χ0) is 9.72. The third-order valence-corrected chi connectivity index (χ3v) is 2.74. The van der Waals surface area contributed by atoms with E-state index in [2.05, 4.69) is 32.6 Å². The Morgan fingerprint density at radius 2 is 1.67 bits per heavy atom. The fourth-order valence-electron chi connectivity index (χ4n) is 1.51. The van der Waals surface area contributed by atoms with E-state index in [0.717, 1.165) is 13.0 Å². The Morgan fingerprint density at radius 1 is 1.17 bits per heavy atom. The second-order valence-electron chi connectivity index (χ2n) is 3.57. The molecule has 0 saturated heterocycles. The van der Waals surface area contributed by atoms with E-state index in [9.17, 15) is 5.11 Å². The lowest BCUT2D eigenvalue weighted by Crippen LogP contribution is -2.45. The van der Waals surface area contributed by atoms with Gasteiger partial charge in [-0.3, -0.25) is 4.90 Å². The van der Waals surface area contributed by atoms with Crippen molar-refractivity contribution in [1.82, 2.24) is 4.90 Å². The van der Waals surface area contributed by atoms with Gasteiger partial charge >= 0.3 is 0 Å². The molecule has 0 aliphatic heterocycles. The predicted octanol–water partition coefficient (Wildman–Crippen LogP) is 1.88. The van der Waals surface area contributed by atoms with Crippen LogP contribution in [0.1, 0.15) is 41.0 Å². The van der Waals surface area contributed by atoms with Crippen molar-refractivity contribution < 1.29 is 5.11 Å². The van der Waals surface area contributed by atoms with E-state index in [1.165, 1.54) is 0 Å². The molecule has 74 valence electrons. The molecule has 0 aromatic rings. The number of aliphatic hydroxyl groups excluding tert-OH is 1. The predicted molar refractivity (Wildman–Crippen MR) is 53.3 cm³/mol. The molecule has 0 radical (unpaired) electrons. The van der Waals surface area contributed by atoms with Crippen LogP contribution in [0.15, 0.2) is 0 Å². The zero-order valence-electron chi connectivity index (χ0n) is 9.04. The fourth-order valence-corrected chi connectivity index (χ4v) is 1.51. The van der Waals surface area contributed by atoms with Crippen LogP contribution in [0, 0.1) is 0 Å². The van der Waals surface area contributed by atoms with E-state index in [1.807, 2.05) is 6.92 Å². The minimum absolute atomic E-state index is 0.237. The summed E-state index contributed by atoms with van der Waals surface area (Å²) in [6, 6.07) is 0.838. The van der Waals surface area contributed by atoms with E-state index in [4.69, 9.17) is 0 Å². The Bertz CT molecular complexity index is 114. The molecule has 0 fully saturated rings. The van der Waals surface area contributed by atoms with Crippen LogP contribution in [-0.2, 0) is 0 Å². The Balaban J connectivity index is 4.13. The first-order valence-corrected chi connectivity index (χ1v) is 4.98. The Morgan fingerprint density at radius 3 is 1.92 bits per heavy atom. The number of likely N-dealkylation sites (N-methyl/N-ethyl adjacent to an activating group) is 1. The van der Waals surface area contributed by atoms with Crippen molar-refractivity contribution in [3.8, 4) is 0 Å². The lowest BCUT2D eigenvalue weighted by Gasteiger charge is -2.34. The van der Waals surface area contributed by atoms with Crippen molar-refractivity contribution >= 4 is 0 Å². The normalized spacial score (nSPS) is 19.2. The van der Waals surface area contributed by atoms with Crippen LogP contribution in [0.25, 0.3) is 0 Å². The lowest BCUT2D eigenvalue weighted by atomic mass is 10.1. The molecular formula is C10H23NO. The molecule has 0 spiro atoms. The maximum atomic E-state index is 9.43. The second kappa shape index (κ2) is 5.55. The first-order valence-electron chi connectivity index (χ1n) is 4.98. The molecule has 0 bridgehead atoms. The number of rotatable bonds is 5. The summed E-state index contributed by atoms with van der Waals surface area (Å²) < 4.78 is 0. The molecule has 0 amide bonds. The Hall–Kier alpha value is -0.0800. The standard InChI is InChI=1S/C10H23NO/c1-6-8(3)11(7-2)9(4)10(5)12/h8-10,12H,6-7H2,1-5H3. The summed E-state index contributed by atoms with van der Waals surface area (Å²) in [5, 5.41) is 9.43. The van der Waals surface area contributed by atoms with Crippen LogP contribution in [0.4, 0.5) is 0 Å². The average molecular weight is 173 g/mol. The van der Waals surface area contributed by atoms with Gasteiger partial charge in [-0.25, -0.2) is 0 Å². The minimum atomic E-state index is -0.237. The molecule has 0 aliphatic carbocycles. The fraction of sp³-hybridized carbons (Fsp3) is 1.00. The van der Waals surface area contributed by atoms with Gasteiger partial charge in [-0.1, -0.05) is 13.8 Å². The van der Waals surface area contributed by atoms with Gasteiger partial charge in [0.25, 0.3) is 0 Å². The Labute approximate surface area is 76.6 Å². The number of nitrogens with zero attached hydrogens (tertiary/aromatic N) is 1. The third kappa shape index (κ3) is 3.11. The van der Waals surface area contributed by atoms with Crippen molar-refractivity contribution in [3.05, 3.63) is 0 Å². The summed E-state index contributed by atoms with van der Waals surface area (Å²) in [6.07, 6.45) is 0.907. The van der Waals surface area contributed by atoms with Gasteiger partial charge in [0.05, 0.1) is 6.10 Å². The first-order chi connectivity index (χ1) is 5.54. The maximum Gasteiger partial charge on any atom is 0.0664 e. The van der Waals surface area contributed by atoms with Gasteiger partial charge in [0.2, 0.25) is 0 Å². The summed E-state index contributed by atoms with van der Waals surface area (Å²) in [6.45, 7) is 11.5. The van der Waals surface area contributed by atoms with E-state index in [0.29, 0.717) is 6.04 Å². The van der Waals surface area contributed by atoms with Gasteiger partial charge in [-0.2, -0.15) is 0 Å². The molecule has 0 saturated carbocycles. The largest absolute Gasteiger partial charge is 0.392 e. The van der Waals surface area contributed by atoms with Crippen molar-refractivity contribution in [1.29, 1.82) is 0 Å². The highest BCUT2D eigenvalue weighted by Crippen LogP contribution is 2.10. The summed E-state index contributed by atoms with van der Waals surface area (Å²) in [5.41, 5.74) is 0. The molecule has 2 heteroatoms. The van der Waals surface area contributed by atoms with Crippen LogP contribution >= 0.6 is 0 Å². The van der Waals surface area contributed by atoms with Gasteiger partial charge < -0.3 is 5.11 Å². The van der Waals surface area contributed by atoms with Crippen LogP contribution in [-0.4, -0.2) is 34.7 Å². The molecule has 0 rings (SSSR count). The van der Waals surface area contributed by atoms with Gasteiger partial charge in [0.1, 0.15) is 0 Å². The van der Waals surface area contributed by atoms with E-state index < -0.39 is 0 Å². The van der Waals surface area contributed by atoms with E-state index >= 15 is 0 Å². The highest BCUT2D eigenvalue weighted by atomic mass is 16.3. The molecule has 2 nitrogen and oxygen atoms in total. The molecule has 0 aromatic heterocycles. The summed E-state index contributed by atoms with van der Waals surface area (Å²) in [4.78, 5) is 2.34. The summed E-state index contributed by atoms with van der Waals surface area (Å²) in [5.74, 6) is 0. The highest BCUT2D eigenvalue weighted by molar-refractivity contribution is 4.75. The molecule has 12 heavy (non-hydrogen) atoms. The van der Waals surface area contributed by atoms with E-state index in [-0.39, 0.29) is 12.1 Å². The van der Waals surface area contributed by atoms with Gasteiger partial charge in [-0.15, -0.1) is 0 Å². The molecular weight excluding hydrogens is 150 g/mol. The average Bonchev–Trinajstić information content (AvgIpc) is 2.05. The van der Waals surface area contributed by atoms with Crippen molar-refractivity contribution in [3.63, 3.8) is 0 Å². The first kappa shape index (κ1) is 11.9. The number of hydrogen-bond donors (Lipinski definition) is 1. The monoisotopic (exact) mass is 173 g/mol. The molecule has 3 unspecified atom stereocenters. The van der Waals surface area contributed by atoms with Crippen LogP contribution in [0.2, 0.25) is 0 Å². The van der Waals surface area contributed by atoms with Crippen molar-refractivity contribution in [2.24, 2.45) is 0 Å². The van der Waals surface area contributed by atoms with Gasteiger partial charge in [0, 0.05) is 12.1 Å². The van der Waals surface area contributed by atoms with Gasteiger partial charge in [0.15, 0.2) is 0 Å². The summed E-state index contributed by atoms with van der Waals surface area (Å²) >= 11 is 0. The van der Waals surface area contributed by atoms with Crippen molar-refractivity contribution in [2.75, 3.05) is 6.54 Å². The summed E-state index contributed by atoms with van der Waals surface area (Å²) in [7, 11) is 0. The van der Waals surface area contributed by atoms with Crippen LogP contribution in [0.5, 0.6) is 0 Å². The quantitative estimate of drug-likeness (QED) is 0.686. The van der Waals surface area contributed by atoms with Crippen LogP contribution in [0.3, 0.4) is 0 Å². The molecule has 0 aromatic carbocycles. The van der Waals surface area contributed by atoms with E-state index in [1.54, 1.807) is 0 Å². The van der Waals surface area contributed by atoms with Gasteiger partial charge in [-0.05, 0) is 33.7 Å². The van der Waals surface area contributed by atoms with Crippen LogP contribution < -0.4 is 0 Å². The highest BCUT2D eigenvalue weighted by Gasteiger charge is 2.20. The maximum absolute atomic E-state index is 9.43. The number of aliphatic hydroxyl groups is 1. The smallest absolute Gasteiger partial charge is 0.0664 e. The molecule has 0 aliphatic rings. The molecule has 1 N–H and O–H groups in total. The topological polar surface area (TPSA) is 23.5 Å². The minimum Gasteiger partial charge on any atom is -0.392 e. The second-order valence-corrected chi connectivity index (χ2v) is 3.57. The van der Waals surface area contributed by atoms with Crippen molar-refractivity contribution in [2.45, 2.75) is 59.2 Å². The molecule has 0 heterocycles. The zero-order valence-corrected chi connectivity index (χ0v) is 9.04. The number of hydrogen-bond acceptors (Lipinski definition) is 2. The molecule has 3 atom stereocenters. The third-order valence-electron chi connectivity index (χ3n) is 2.74. The lowest BCUT2D eigenvalue weighted by molar-refractivity contribution is 0.0500. The SMILES string of the molecule is CCC(C)N(CC)C(C)C(C)O. The Kier molecular flexibility index (Phi) is 5.51.